The lowest BCUT2D eigenvalue weighted by Crippen LogP contribution is -2.51. The number of amides is 2. The van der Waals surface area contributed by atoms with Gasteiger partial charge in [0, 0.05) is 13.7 Å². The first-order valence-electron chi connectivity index (χ1n) is 10.0. The Hall–Kier alpha value is -2.13. The smallest absolute Gasteiger partial charge is 0.410 e. The van der Waals surface area contributed by atoms with Gasteiger partial charge in [-0.25, -0.2) is 13.2 Å². The molecule has 0 bridgehead atoms. The molecule has 0 radical (unpaired) electrons. The Morgan fingerprint density at radius 2 is 1.87 bits per heavy atom. The van der Waals surface area contributed by atoms with Gasteiger partial charge in [-0.05, 0) is 39.2 Å². The number of ether oxygens (including phenoxy) is 2. The number of nitrogens with one attached hydrogen (secondary N) is 1. The second-order valence-electron chi connectivity index (χ2n) is 8.58. The molecule has 1 aromatic carbocycles. The van der Waals surface area contributed by atoms with Crippen LogP contribution in [-0.2, 0) is 30.0 Å². The van der Waals surface area contributed by atoms with Gasteiger partial charge < -0.3 is 14.4 Å². The third-order valence-corrected chi connectivity index (χ3v) is 6.17. The molecule has 1 aliphatic rings. The van der Waals surface area contributed by atoms with Crippen molar-refractivity contribution < 1.29 is 27.5 Å². The van der Waals surface area contributed by atoms with Gasteiger partial charge in [0.15, 0.2) is 0 Å². The highest BCUT2D eigenvalue weighted by atomic mass is 32.2. The molecule has 30 heavy (non-hydrogen) atoms. The largest absolute Gasteiger partial charge is 0.444 e. The van der Waals surface area contributed by atoms with Crippen LogP contribution in [0.5, 0.6) is 0 Å². The molecule has 168 valence electrons. The van der Waals surface area contributed by atoms with Crippen LogP contribution in [-0.4, -0.2) is 56.7 Å². The number of hydrogen-bond donors (Lipinski definition) is 1. The lowest BCUT2D eigenvalue weighted by Gasteiger charge is -2.34. The molecule has 1 N–H and O–H groups in total. The third kappa shape index (κ3) is 6.70. The van der Waals surface area contributed by atoms with Crippen LogP contribution in [0.4, 0.5) is 4.79 Å². The van der Waals surface area contributed by atoms with Gasteiger partial charge in [0.1, 0.15) is 5.60 Å². The van der Waals surface area contributed by atoms with Crippen LogP contribution in [0.2, 0.25) is 0 Å². The zero-order valence-corrected chi connectivity index (χ0v) is 19.1. The Morgan fingerprint density at radius 1 is 1.23 bits per heavy atom. The van der Waals surface area contributed by atoms with Crippen LogP contribution in [0.15, 0.2) is 30.3 Å². The molecule has 3 atom stereocenters. The fraction of sp³-hybridized carbons (Fsp3) is 0.619. The van der Waals surface area contributed by atoms with Gasteiger partial charge in [0.05, 0.1) is 23.8 Å². The molecule has 1 aliphatic heterocycles. The fourth-order valence-corrected chi connectivity index (χ4v) is 4.80. The van der Waals surface area contributed by atoms with Crippen molar-refractivity contribution in [3.63, 3.8) is 0 Å². The van der Waals surface area contributed by atoms with Crippen molar-refractivity contribution in [2.24, 2.45) is 5.92 Å². The van der Waals surface area contributed by atoms with Crippen molar-refractivity contribution in [1.29, 1.82) is 0 Å². The zero-order valence-electron chi connectivity index (χ0n) is 18.3. The average molecular weight is 441 g/mol. The summed E-state index contributed by atoms with van der Waals surface area (Å²) in [5.74, 6) is -1.74. The number of carbonyl (C=O) groups excluding carboxylic acids is 2. The van der Waals surface area contributed by atoms with Crippen LogP contribution in [0.25, 0.3) is 0 Å². The van der Waals surface area contributed by atoms with Gasteiger partial charge in [-0.15, -0.1) is 0 Å². The van der Waals surface area contributed by atoms with Crippen molar-refractivity contribution >= 4 is 22.0 Å². The van der Waals surface area contributed by atoms with E-state index in [0.29, 0.717) is 18.5 Å². The molecule has 1 fully saturated rings. The van der Waals surface area contributed by atoms with Gasteiger partial charge in [0.25, 0.3) is 0 Å². The van der Waals surface area contributed by atoms with E-state index in [1.165, 1.54) is 7.11 Å². The molecular weight excluding hydrogens is 408 g/mol. The Balaban J connectivity index is 2.07. The van der Waals surface area contributed by atoms with Crippen LogP contribution in [0.1, 0.15) is 46.1 Å². The van der Waals surface area contributed by atoms with E-state index in [1.54, 1.807) is 62.9 Å². The van der Waals surface area contributed by atoms with E-state index in [4.69, 9.17) is 9.47 Å². The molecule has 8 nitrogen and oxygen atoms in total. The van der Waals surface area contributed by atoms with Crippen molar-refractivity contribution in [3.8, 4) is 0 Å². The summed E-state index contributed by atoms with van der Waals surface area (Å²) in [5, 5.41) is 0. The molecule has 0 saturated carbocycles. The summed E-state index contributed by atoms with van der Waals surface area (Å²) < 4.78 is 38.0. The van der Waals surface area contributed by atoms with E-state index in [-0.39, 0.29) is 11.8 Å². The number of hydrogen-bond acceptors (Lipinski definition) is 6. The quantitative estimate of drug-likeness (QED) is 0.699. The number of carbonyl (C=O) groups is 2. The molecule has 1 aromatic rings. The minimum Gasteiger partial charge on any atom is -0.444 e. The number of likely N-dealkylation sites (tertiary alicyclic amines) is 1. The zero-order chi connectivity index (χ0) is 22.5. The van der Waals surface area contributed by atoms with E-state index in [2.05, 4.69) is 4.72 Å². The normalized spacial score (nSPS) is 19.2. The van der Waals surface area contributed by atoms with Gasteiger partial charge in [-0.2, -0.15) is 0 Å². The lowest BCUT2D eigenvalue weighted by atomic mass is 9.95. The van der Waals surface area contributed by atoms with Gasteiger partial charge in [-0.3, -0.25) is 9.52 Å². The molecule has 2 amide bonds. The Morgan fingerprint density at radius 3 is 2.43 bits per heavy atom. The lowest BCUT2D eigenvalue weighted by molar-refractivity contribution is -0.128. The molecule has 2 rings (SSSR count). The highest BCUT2D eigenvalue weighted by molar-refractivity contribution is 7.89. The monoisotopic (exact) mass is 440 g/mol. The summed E-state index contributed by atoms with van der Waals surface area (Å²) in [6, 6.07) is 8.26. The molecular formula is C21H32N2O6S. The van der Waals surface area contributed by atoms with Crippen LogP contribution >= 0.6 is 0 Å². The summed E-state index contributed by atoms with van der Waals surface area (Å²) in [4.78, 5) is 26.8. The number of sulfonamides is 1. The first-order valence-corrected chi connectivity index (χ1v) is 11.7. The van der Waals surface area contributed by atoms with E-state index in [9.17, 15) is 18.0 Å². The fourth-order valence-electron chi connectivity index (χ4n) is 3.60. The molecule has 0 spiro atoms. The highest BCUT2D eigenvalue weighted by Gasteiger charge is 2.41. The maximum atomic E-state index is 12.7. The van der Waals surface area contributed by atoms with Crippen molar-refractivity contribution in [2.75, 3.05) is 13.7 Å². The summed E-state index contributed by atoms with van der Waals surface area (Å²) in [7, 11) is -2.40. The standard InChI is InChI=1S/C21H32N2O6S/c1-15(19(24)22-30(26,27)14-16-10-7-6-8-11-16)18(28-5)17-12-9-13-23(17)20(25)29-21(2,3)4/h6-8,10-11,15,17-18H,9,12-14H2,1-5H3,(H,22,24). The Labute approximate surface area is 179 Å². The predicted molar refractivity (Wildman–Crippen MR) is 113 cm³/mol. The van der Waals surface area contributed by atoms with Crippen molar-refractivity contribution in [1.82, 2.24) is 9.62 Å². The van der Waals surface area contributed by atoms with E-state index in [1.807, 2.05) is 0 Å². The van der Waals surface area contributed by atoms with Crippen molar-refractivity contribution in [3.05, 3.63) is 35.9 Å². The van der Waals surface area contributed by atoms with Gasteiger partial charge in [0.2, 0.25) is 15.9 Å². The van der Waals surface area contributed by atoms with Crippen LogP contribution in [0, 0.1) is 5.92 Å². The maximum absolute atomic E-state index is 12.7. The second kappa shape index (κ2) is 9.78. The van der Waals surface area contributed by atoms with Gasteiger partial charge in [-0.1, -0.05) is 37.3 Å². The Kier molecular flexibility index (Phi) is 7.87. The molecule has 1 saturated heterocycles. The second-order valence-corrected chi connectivity index (χ2v) is 10.3. The minimum absolute atomic E-state index is 0.294. The summed E-state index contributed by atoms with van der Waals surface area (Å²) in [6.45, 7) is 7.47. The first kappa shape index (κ1) is 24.1. The summed E-state index contributed by atoms with van der Waals surface area (Å²) in [5.41, 5.74) is -0.0537. The van der Waals surface area contributed by atoms with Crippen LogP contribution < -0.4 is 4.72 Å². The maximum Gasteiger partial charge on any atom is 0.410 e. The average Bonchev–Trinajstić information content (AvgIpc) is 3.10. The summed E-state index contributed by atoms with van der Waals surface area (Å²) >= 11 is 0. The van der Waals surface area contributed by atoms with Crippen LogP contribution in [0.3, 0.4) is 0 Å². The SMILES string of the molecule is COC(C(C)C(=O)NS(=O)(=O)Cc1ccccc1)C1CCCN1C(=O)OC(C)(C)C. The Bertz CT molecular complexity index is 835. The topological polar surface area (TPSA) is 102 Å². The van der Waals surface area contributed by atoms with E-state index >= 15 is 0 Å². The minimum atomic E-state index is -3.86. The number of benzene rings is 1. The molecule has 0 aliphatic carbocycles. The number of methoxy groups -OCH3 is 1. The molecule has 0 aromatic heterocycles. The number of nitrogens with zero attached hydrogens (tertiary/aromatic N) is 1. The van der Waals surface area contributed by atoms with E-state index in [0.717, 1.165) is 6.42 Å². The third-order valence-electron chi connectivity index (χ3n) is 4.94. The van der Waals surface area contributed by atoms with Gasteiger partial charge >= 0.3 is 6.09 Å². The molecule has 9 heteroatoms. The highest BCUT2D eigenvalue weighted by Crippen LogP contribution is 2.28. The van der Waals surface area contributed by atoms with E-state index < -0.39 is 39.6 Å². The van der Waals surface area contributed by atoms with Crippen molar-refractivity contribution in [2.45, 2.75) is 64.0 Å². The predicted octanol–water partition coefficient (Wildman–Crippen LogP) is 2.68. The molecule has 1 heterocycles. The summed E-state index contributed by atoms with van der Waals surface area (Å²) in [6.07, 6.45) is 0.277. The number of rotatable bonds is 7. The first-order chi connectivity index (χ1) is 13.9. The molecule has 3 unspecified atom stereocenters.